The molecule has 0 spiro atoms. The van der Waals surface area contributed by atoms with Gasteiger partial charge >= 0.3 is 5.97 Å². The zero-order valence-electron chi connectivity index (χ0n) is 9.66. The van der Waals surface area contributed by atoms with Gasteiger partial charge in [-0.15, -0.1) is 11.3 Å². The van der Waals surface area contributed by atoms with Crippen molar-refractivity contribution in [2.75, 3.05) is 5.32 Å². The second-order valence-electron chi connectivity index (χ2n) is 3.65. The van der Waals surface area contributed by atoms with Crippen LogP contribution >= 0.6 is 11.3 Å². The Labute approximate surface area is 112 Å². The Bertz CT molecular complexity index is 606. The third-order valence-electron chi connectivity index (χ3n) is 2.31. The lowest BCUT2D eigenvalue weighted by Gasteiger charge is -2.03. The van der Waals surface area contributed by atoms with Crippen molar-refractivity contribution >= 4 is 28.9 Å². The summed E-state index contributed by atoms with van der Waals surface area (Å²) in [4.78, 5) is 26.2. The van der Waals surface area contributed by atoms with Gasteiger partial charge in [0.2, 0.25) is 0 Å². The second kappa shape index (κ2) is 5.59. The van der Waals surface area contributed by atoms with Crippen LogP contribution < -0.4 is 5.32 Å². The number of hydrogen-bond acceptors (Lipinski definition) is 5. The predicted molar refractivity (Wildman–Crippen MR) is 69.4 cm³/mol. The highest BCUT2D eigenvalue weighted by Crippen LogP contribution is 2.14. The lowest BCUT2D eigenvalue weighted by molar-refractivity contribution is 0.0691. The fraction of sp³-hybridized carbons (Fsp3) is 0.0833. The van der Waals surface area contributed by atoms with Crippen LogP contribution in [0, 0.1) is 0 Å². The van der Waals surface area contributed by atoms with E-state index in [4.69, 9.17) is 10.2 Å². The molecule has 2 rings (SSSR count). The summed E-state index contributed by atoms with van der Waals surface area (Å²) in [6.07, 6.45) is 0. The van der Waals surface area contributed by atoms with Gasteiger partial charge in [0.05, 0.1) is 6.61 Å². The summed E-state index contributed by atoms with van der Waals surface area (Å²) in [7, 11) is 0. The normalized spacial score (nSPS) is 10.2. The molecule has 0 unspecified atom stereocenters. The van der Waals surface area contributed by atoms with Crippen LogP contribution in [0.1, 0.15) is 25.9 Å². The number of rotatable bonds is 4. The summed E-state index contributed by atoms with van der Waals surface area (Å²) in [5, 5.41) is 21.6. The number of benzene rings is 1. The molecular formula is C12H10N2O4S. The molecule has 0 aliphatic carbocycles. The number of thiazole rings is 1. The van der Waals surface area contributed by atoms with Crippen molar-refractivity contribution in [3.8, 4) is 0 Å². The van der Waals surface area contributed by atoms with Crippen LogP contribution in [0.4, 0.5) is 5.69 Å². The van der Waals surface area contributed by atoms with Gasteiger partial charge < -0.3 is 15.5 Å². The molecule has 7 heteroatoms. The van der Waals surface area contributed by atoms with E-state index in [0.717, 1.165) is 16.9 Å². The predicted octanol–water partition coefficient (Wildman–Crippen LogP) is 1.59. The van der Waals surface area contributed by atoms with E-state index < -0.39 is 11.9 Å². The number of aliphatic hydroxyl groups is 1. The van der Waals surface area contributed by atoms with E-state index in [1.54, 1.807) is 24.3 Å². The van der Waals surface area contributed by atoms with E-state index in [1.165, 1.54) is 5.38 Å². The van der Waals surface area contributed by atoms with Gasteiger partial charge in [0.1, 0.15) is 0 Å². The highest BCUT2D eigenvalue weighted by molar-refractivity contribution is 7.12. The van der Waals surface area contributed by atoms with Crippen molar-refractivity contribution in [1.82, 2.24) is 4.98 Å². The number of aromatic nitrogens is 1. The number of aromatic carboxylic acids is 1. The average molecular weight is 278 g/mol. The number of carboxylic acids is 1. The Morgan fingerprint density at radius 1 is 1.26 bits per heavy atom. The smallest absolute Gasteiger partial charge is 0.355 e. The van der Waals surface area contributed by atoms with E-state index in [0.29, 0.717) is 5.69 Å². The number of carboxylic acid groups (broad SMARTS) is 1. The monoisotopic (exact) mass is 278 g/mol. The van der Waals surface area contributed by atoms with Gasteiger partial charge in [0.15, 0.2) is 10.7 Å². The maximum atomic E-state index is 11.8. The van der Waals surface area contributed by atoms with Gasteiger partial charge in [-0.25, -0.2) is 9.78 Å². The van der Waals surface area contributed by atoms with Gasteiger partial charge in [-0.2, -0.15) is 0 Å². The van der Waals surface area contributed by atoms with Gasteiger partial charge in [-0.3, -0.25) is 4.79 Å². The molecule has 98 valence electrons. The minimum atomic E-state index is -1.16. The highest BCUT2D eigenvalue weighted by Gasteiger charge is 2.14. The van der Waals surface area contributed by atoms with Crippen molar-refractivity contribution in [3.05, 3.63) is 45.9 Å². The number of hydrogen-bond donors (Lipinski definition) is 3. The number of aliphatic hydroxyl groups excluding tert-OH is 1. The summed E-state index contributed by atoms with van der Waals surface area (Å²) >= 11 is 0.969. The van der Waals surface area contributed by atoms with Crippen molar-refractivity contribution in [2.45, 2.75) is 6.61 Å². The maximum absolute atomic E-state index is 11.8. The van der Waals surface area contributed by atoms with Crippen LogP contribution in [0.15, 0.2) is 29.6 Å². The minimum absolute atomic E-state index is 0.0668. The van der Waals surface area contributed by atoms with E-state index >= 15 is 0 Å². The molecule has 0 bridgehead atoms. The van der Waals surface area contributed by atoms with Crippen LogP contribution in [0.3, 0.4) is 0 Å². The fourth-order valence-electron chi connectivity index (χ4n) is 1.35. The third-order valence-corrected chi connectivity index (χ3v) is 3.15. The molecule has 1 aromatic carbocycles. The maximum Gasteiger partial charge on any atom is 0.355 e. The average Bonchev–Trinajstić information content (AvgIpc) is 2.89. The van der Waals surface area contributed by atoms with Gasteiger partial charge in [0, 0.05) is 11.1 Å². The molecule has 0 fully saturated rings. The SMILES string of the molecule is O=C(O)c1csc(C(=O)Nc2ccc(CO)cc2)n1. The molecule has 1 amide bonds. The summed E-state index contributed by atoms with van der Waals surface area (Å²) < 4.78 is 0. The van der Waals surface area contributed by atoms with E-state index in [2.05, 4.69) is 10.3 Å². The zero-order valence-corrected chi connectivity index (χ0v) is 10.5. The number of nitrogens with one attached hydrogen (secondary N) is 1. The van der Waals surface area contributed by atoms with Crippen LogP contribution in [-0.2, 0) is 6.61 Å². The van der Waals surface area contributed by atoms with Crippen molar-refractivity contribution in [1.29, 1.82) is 0 Å². The fourth-order valence-corrected chi connectivity index (χ4v) is 2.04. The molecule has 6 nitrogen and oxygen atoms in total. The van der Waals surface area contributed by atoms with Gasteiger partial charge in [-0.05, 0) is 17.7 Å². The summed E-state index contributed by atoms with van der Waals surface area (Å²) in [5.74, 6) is -1.63. The summed E-state index contributed by atoms with van der Waals surface area (Å²) in [6.45, 7) is -0.0668. The van der Waals surface area contributed by atoms with Crippen molar-refractivity contribution in [2.24, 2.45) is 0 Å². The summed E-state index contributed by atoms with van der Waals surface area (Å²) in [5.41, 5.74) is 1.14. The standard InChI is InChI=1S/C12H10N2O4S/c15-5-7-1-3-8(4-2-7)13-10(16)11-14-9(6-19-11)12(17)18/h1-4,6,15H,5H2,(H,13,16)(H,17,18). The Morgan fingerprint density at radius 2 is 1.95 bits per heavy atom. The van der Waals surface area contributed by atoms with Gasteiger partial charge in [0.25, 0.3) is 5.91 Å². The molecule has 0 radical (unpaired) electrons. The Hall–Kier alpha value is -2.25. The van der Waals surface area contributed by atoms with Crippen molar-refractivity contribution in [3.63, 3.8) is 0 Å². The van der Waals surface area contributed by atoms with Gasteiger partial charge in [-0.1, -0.05) is 12.1 Å². The third kappa shape index (κ3) is 3.15. The van der Waals surface area contributed by atoms with E-state index in [-0.39, 0.29) is 17.3 Å². The molecule has 0 aliphatic heterocycles. The Kier molecular flexibility index (Phi) is 3.88. The number of amides is 1. The second-order valence-corrected chi connectivity index (χ2v) is 4.51. The zero-order chi connectivity index (χ0) is 13.8. The molecular weight excluding hydrogens is 268 g/mol. The molecule has 19 heavy (non-hydrogen) atoms. The lowest BCUT2D eigenvalue weighted by atomic mass is 10.2. The number of anilines is 1. The Balaban J connectivity index is 2.08. The van der Waals surface area contributed by atoms with E-state index in [1.807, 2.05) is 0 Å². The van der Waals surface area contributed by atoms with Crippen LogP contribution in [-0.4, -0.2) is 27.1 Å². The first-order valence-corrected chi connectivity index (χ1v) is 6.18. The molecule has 0 saturated carbocycles. The molecule has 0 aliphatic rings. The lowest BCUT2D eigenvalue weighted by Crippen LogP contribution is -2.12. The first-order valence-electron chi connectivity index (χ1n) is 5.30. The number of nitrogens with zero attached hydrogens (tertiary/aromatic N) is 1. The number of carbonyl (C=O) groups excluding carboxylic acids is 1. The Morgan fingerprint density at radius 3 is 2.47 bits per heavy atom. The molecule has 2 aromatic rings. The quantitative estimate of drug-likeness (QED) is 0.788. The van der Waals surface area contributed by atoms with Crippen molar-refractivity contribution < 1.29 is 19.8 Å². The molecule has 3 N–H and O–H groups in total. The first kappa shape index (κ1) is 13.2. The number of carbonyl (C=O) groups is 2. The van der Waals surface area contributed by atoms with Crippen LogP contribution in [0.2, 0.25) is 0 Å². The topological polar surface area (TPSA) is 99.5 Å². The first-order chi connectivity index (χ1) is 9.10. The van der Waals surface area contributed by atoms with E-state index in [9.17, 15) is 9.59 Å². The summed E-state index contributed by atoms with van der Waals surface area (Å²) in [6, 6.07) is 6.66. The van der Waals surface area contributed by atoms with Crippen LogP contribution in [0.25, 0.3) is 0 Å². The minimum Gasteiger partial charge on any atom is -0.476 e. The molecule has 1 heterocycles. The molecule has 0 atom stereocenters. The molecule has 0 saturated heterocycles. The van der Waals surface area contributed by atoms with Crippen LogP contribution in [0.5, 0.6) is 0 Å². The molecule has 1 aromatic heterocycles. The largest absolute Gasteiger partial charge is 0.476 e. The highest BCUT2D eigenvalue weighted by atomic mass is 32.1.